The van der Waals surface area contributed by atoms with Crippen molar-refractivity contribution in [3.05, 3.63) is 18.3 Å². The van der Waals surface area contributed by atoms with Gasteiger partial charge in [0.15, 0.2) is 5.65 Å². The second-order valence-corrected chi connectivity index (χ2v) is 3.03. The Kier molecular flexibility index (Phi) is 1.34. The molecule has 5 nitrogen and oxygen atoms in total. The number of H-pyrrole nitrogens is 1. The summed E-state index contributed by atoms with van der Waals surface area (Å²) in [5.41, 5.74) is 1.58. The van der Waals surface area contributed by atoms with Gasteiger partial charge in [0.25, 0.3) is 0 Å². The average molecular weight is 176 g/mol. The van der Waals surface area contributed by atoms with Crippen molar-refractivity contribution < 1.29 is 4.74 Å². The van der Waals surface area contributed by atoms with Crippen LogP contribution in [0.5, 0.6) is 0 Å². The predicted molar refractivity (Wildman–Crippen MR) is 45.0 cm³/mol. The summed E-state index contributed by atoms with van der Waals surface area (Å²) in [7, 11) is 0. The molecule has 0 amide bonds. The summed E-state index contributed by atoms with van der Waals surface area (Å²) < 4.78 is 5.30. The van der Waals surface area contributed by atoms with Crippen LogP contribution in [0.15, 0.2) is 12.5 Å². The Bertz CT molecular complexity index is 401. The predicted octanol–water partition coefficient (Wildman–Crippen LogP) is 0.814. The van der Waals surface area contributed by atoms with E-state index >= 15 is 0 Å². The van der Waals surface area contributed by atoms with E-state index < -0.39 is 0 Å². The summed E-state index contributed by atoms with van der Waals surface area (Å²) in [5.74, 6) is 0.863. The van der Waals surface area contributed by atoms with E-state index in [0.29, 0.717) is 5.65 Å². The smallest absolute Gasteiger partial charge is 0.180 e. The topological polar surface area (TPSA) is 63.7 Å². The first-order chi connectivity index (χ1) is 6.43. The van der Waals surface area contributed by atoms with Gasteiger partial charge in [0.2, 0.25) is 0 Å². The zero-order valence-electron chi connectivity index (χ0n) is 6.90. The maximum atomic E-state index is 5.30. The molecule has 3 heterocycles. The third kappa shape index (κ3) is 1.01. The first kappa shape index (κ1) is 6.97. The molecule has 1 fully saturated rings. The summed E-state index contributed by atoms with van der Waals surface area (Å²) in [6, 6.07) is 0. The van der Waals surface area contributed by atoms with Gasteiger partial charge in [0, 0.05) is 6.42 Å². The van der Waals surface area contributed by atoms with Crippen LogP contribution >= 0.6 is 0 Å². The maximum absolute atomic E-state index is 5.30. The van der Waals surface area contributed by atoms with Gasteiger partial charge in [-0.2, -0.15) is 0 Å². The van der Waals surface area contributed by atoms with E-state index in [1.54, 1.807) is 6.20 Å². The summed E-state index contributed by atoms with van der Waals surface area (Å²) in [5, 5.41) is 0. The maximum Gasteiger partial charge on any atom is 0.180 e. The number of rotatable bonds is 1. The number of aromatic nitrogens is 4. The lowest BCUT2D eigenvalue weighted by atomic mass is 10.2. The van der Waals surface area contributed by atoms with Crippen molar-refractivity contribution in [3.8, 4) is 0 Å². The first-order valence-corrected chi connectivity index (χ1v) is 4.21. The van der Waals surface area contributed by atoms with E-state index in [2.05, 4.69) is 19.9 Å². The normalized spacial score (nSPS) is 21.7. The zero-order valence-corrected chi connectivity index (χ0v) is 6.90. The van der Waals surface area contributed by atoms with E-state index in [1.165, 1.54) is 6.33 Å². The Morgan fingerprint density at radius 3 is 3.15 bits per heavy atom. The molecular formula is C8H8N4O. The Balaban J connectivity index is 2.10. The van der Waals surface area contributed by atoms with Gasteiger partial charge in [0.05, 0.1) is 12.8 Å². The molecule has 1 N–H and O–H groups in total. The molecule has 3 rings (SSSR count). The molecular weight excluding hydrogens is 168 g/mol. The molecule has 13 heavy (non-hydrogen) atoms. The fourth-order valence-corrected chi connectivity index (χ4v) is 1.38. The molecule has 0 aliphatic carbocycles. The Hall–Kier alpha value is -1.49. The van der Waals surface area contributed by atoms with Gasteiger partial charge in [0.1, 0.15) is 23.8 Å². The van der Waals surface area contributed by atoms with Gasteiger partial charge in [-0.15, -0.1) is 0 Å². The van der Waals surface area contributed by atoms with Crippen LogP contribution < -0.4 is 0 Å². The number of imidazole rings is 1. The monoisotopic (exact) mass is 176 g/mol. The molecule has 1 aliphatic heterocycles. The quantitative estimate of drug-likeness (QED) is 0.698. The summed E-state index contributed by atoms with van der Waals surface area (Å²) in [6.45, 7) is 0.827. The Morgan fingerprint density at radius 1 is 1.54 bits per heavy atom. The molecule has 0 saturated carbocycles. The van der Waals surface area contributed by atoms with Gasteiger partial charge in [-0.3, -0.25) is 0 Å². The van der Waals surface area contributed by atoms with Crippen LogP contribution in [0.25, 0.3) is 11.2 Å². The molecule has 0 spiro atoms. The number of hydrogen-bond donors (Lipinski definition) is 1. The third-order valence-electron chi connectivity index (χ3n) is 2.18. The second kappa shape index (κ2) is 2.50. The molecule has 1 atom stereocenters. The molecule has 2 aromatic rings. The van der Waals surface area contributed by atoms with Crippen LogP contribution in [-0.4, -0.2) is 26.5 Å². The summed E-state index contributed by atoms with van der Waals surface area (Å²) in [6.07, 6.45) is 4.38. The first-order valence-electron chi connectivity index (χ1n) is 4.21. The zero-order chi connectivity index (χ0) is 8.67. The van der Waals surface area contributed by atoms with Gasteiger partial charge < -0.3 is 9.72 Å². The Morgan fingerprint density at radius 2 is 2.46 bits per heavy atom. The van der Waals surface area contributed by atoms with Crippen LogP contribution in [0.2, 0.25) is 0 Å². The highest BCUT2D eigenvalue weighted by atomic mass is 16.5. The van der Waals surface area contributed by atoms with E-state index in [1.807, 2.05) is 0 Å². The highest BCUT2D eigenvalue weighted by Gasteiger charge is 2.23. The van der Waals surface area contributed by atoms with E-state index in [9.17, 15) is 0 Å². The number of nitrogens with zero attached hydrogens (tertiary/aromatic N) is 3. The summed E-state index contributed by atoms with van der Waals surface area (Å²) in [4.78, 5) is 15.4. The molecule has 2 aromatic heterocycles. The molecule has 0 radical (unpaired) electrons. The van der Waals surface area contributed by atoms with Gasteiger partial charge in [-0.05, 0) is 0 Å². The molecule has 0 bridgehead atoms. The number of fused-ring (bicyclic) bond motifs is 1. The SMILES string of the molecule is c1ncc2[nH]c(C3CCO3)nc2n1. The van der Waals surface area contributed by atoms with Crippen molar-refractivity contribution in [2.45, 2.75) is 12.5 Å². The second-order valence-electron chi connectivity index (χ2n) is 3.03. The molecule has 66 valence electrons. The van der Waals surface area contributed by atoms with E-state index in [0.717, 1.165) is 24.4 Å². The minimum atomic E-state index is 0.134. The lowest BCUT2D eigenvalue weighted by molar-refractivity contribution is -0.0573. The van der Waals surface area contributed by atoms with Crippen molar-refractivity contribution in [2.75, 3.05) is 6.61 Å². The van der Waals surface area contributed by atoms with Crippen LogP contribution in [0.1, 0.15) is 18.3 Å². The highest BCUT2D eigenvalue weighted by molar-refractivity contribution is 5.68. The average Bonchev–Trinajstić information content (AvgIpc) is 2.43. The number of nitrogens with one attached hydrogen (secondary N) is 1. The van der Waals surface area contributed by atoms with Gasteiger partial charge >= 0.3 is 0 Å². The summed E-state index contributed by atoms with van der Waals surface area (Å²) >= 11 is 0. The van der Waals surface area contributed by atoms with Crippen molar-refractivity contribution >= 4 is 11.2 Å². The van der Waals surface area contributed by atoms with Crippen molar-refractivity contribution in [2.24, 2.45) is 0 Å². The van der Waals surface area contributed by atoms with Gasteiger partial charge in [-0.25, -0.2) is 15.0 Å². The lowest BCUT2D eigenvalue weighted by Gasteiger charge is -2.23. The Labute approximate surface area is 74.2 Å². The van der Waals surface area contributed by atoms with Crippen molar-refractivity contribution in [1.29, 1.82) is 0 Å². The molecule has 0 aromatic carbocycles. The van der Waals surface area contributed by atoms with Crippen LogP contribution in [0.4, 0.5) is 0 Å². The third-order valence-corrected chi connectivity index (χ3v) is 2.18. The molecule has 1 aliphatic rings. The van der Waals surface area contributed by atoms with Crippen LogP contribution in [-0.2, 0) is 4.74 Å². The lowest BCUT2D eigenvalue weighted by Crippen LogP contribution is -2.19. The van der Waals surface area contributed by atoms with E-state index in [4.69, 9.17) is 4.74 Å². The number of aromatic amines is 1. The number of hydrogen-bond acceptors (Lipinski definition) is 4. The fraction of sp³-hybridized carbons (Fsp3) is 0.375. The van der Waals surface area contributed by atoms with Gasteiger partial charge in [-0.1, -0.05) is 0 Å². The van der Waals surface area contributed by atoms with Crippen LogP contribution in [0.3, 0.4) is 0 Å². The minimum absolute atomic E-state index is 0.134. The van der Waals surface area contributed by atoms with Crippen molar-refractivity contribution in [1.82, 2.24) is 19.9 Å². The number of ether oxygens (including phenoxy) is 1. The molecule has 1 unspecified atom stereocenters. The molecule has 1 saturated heterocycles. The van der Waals surface area contributed by atoms with E-state index in [-0.39, 0.29) is 6.10 Å². The highest BCUT2D eigenvalue weighted by Crippen LogP contribution is 2.27. The minimum Gasteiger partial charge on any atom is -0.370 e. The standard InChI is InChI=1S/C8H8N4O/c1-2-13-6(1)8-11-5-3-9-4-10-7(5)12-8/h3-4,6H,1-2H2,(H,9,10,11,12). The largest absolute Gasteiger partial charge is 0.370 e. The molecule has 5 heteroatoms. The van der Waals surface area contributed by atoms with Crippen LogP contribution in [0, 0.1) is 0 Å². The van der Waals surface area contributed by atoms with Crippen molar-refractivity contribution in [3.63, 3.8) is 0 Å². The fourth-order valence-electron chi connectivity index (χ4n) is 1.38.